The van der Waals surface area contributed by atoms with Gasteiger partial charge in [-0.2, -0.15) is 0 Å². The average Bonchev–Trinajstić information content (AvgIpc) is 2.36. The molecule has 1 aromatic carbocycles. The topological polar surface area (TPSA) is 12.0 Å². The summed E-state index contributed by atoms with van der Waals surface area (Å²) in [7, 11) is 0. The highest BCUT2D eigenvalue weighted by molar-refractivity contribution is 9.10. The van der Waals surface area contributed by atoms with Gasteiger partial charge in [-0.3, -0.25) is 0 Å². The summed E-state index contributed by atoms with van der Waals surface area (Å²) in [5.41, 5.74) is 0.807. The number of aryl methyl sites for hydroxylation is 1. The Morgan fingerprint density at radius 1 is 1.32 bits per heavy atom. The second-order valence-corrected chi connectivity index (χ2v) is 6.47. The third kappa shape index (κ3) is 6.53. The molecule has 1 aromatic rings. The van der Waals surface area contributed by atoms with Gasteiger partial charge in [0.15, 0.2) is 0 Å². The monoisotopic (exact) mass is 329 g/mol. The molecule has 0 bridgehead atoms. The van der Waals surface area contributed by atoms with Crippen molar-refractivity contribution in [1.29, 1.82) is 0 Å². The van der Waals surface area contributed by atoms with E-state index in [2.05, 4.69) is 42.0 Å². The fraction of sp³-hybridized carbons (Fsp3) is 0.625. The molecular formula is C16H25BrFN. The van der Waals surface area contributed by atoms with Crippen molar-refractivity contribution in [3.8, 4) is 0 Å². The summed E-state index contributed by atoms with van der Waals surface area (Å²) in [5.74, 6) is 0.573. The van der Waals surface area contributed by atoms with Crippen LogP contribution in [0.5, 0.6) is 0 Å². The van der Waals surface area contributed by atoms with Crippen LogP contribution in [0.15, 0.2) is 22.7 Å². The van der Waals surface area contributed by atoms with Crippen LogP contribution in [0.3, 0.4) is 0 Å². The van der Waals surface area contributed by atoms with Gasteiger partial charge in [0, 0.05) is 10.5 Å². The van der Waals surface area contributed by atoms with Crippen LogP contribution in [0, 0.1) is 11.7 Å². The maximum atomic E-state index is 13.7. The maximum Gasteiger partial charge on any atom is 0.126 e. The number of benzene rings is 1. The third-order valence-electron chi connectivity index (χ3n) is 3.21. The van der Waals surface area contributed by atoms with Gasteiger partial charge in [0.1, 0.15) is 5.82 Å². The summed E-state index contributed by atoms with van der Waals surface area (Å²) in [4.78, 5) is 0. The molecule has 0 saturated heterocycles. The molecule has 0 heterocycles. The Labute approximate surface area is 125 Å². The van der Waals surface area contributed by atoms with Crippen molar-refractivity contribution in [2.45, 2.75) is 52.5 Å². The number of hydrogen-bond acceptors (Lipinski definition) is 1. The predicted octanol–water partition coefficient (Wildman–Crippen LogP) is 4.94. The fourth-order valence-corrected chi connectivity index (χ4v) is 2.69. The molecule has 0 saturated carbocycles. The highest BCUT2D eigenvalue weighted by Crippen LogP contribution is 2.19. The Hall–Kier alpha value is -0.410. The molecule has 1 unspecified atom stereocenters. The van der Waals surface area contributed by atoms with E-state index in [-0.39, 0.29) is 5.82 Å². The van der Waals surface area contributed by atoms with Gasteiger partial charge in [-0.25, -0.2) is 4.39 Å². The minimum absolute atomic E-state index is 0.0954. The molecule has 108 valence electrons. The van der Waals surface area contributed by atoms with Gasteiger partial charge >= 0.3 is 0 Å². The first-order valence-electron chi connectivity index (χ1n) is 7.20. The Morgan fingerprint density at radius 3 is 2.68 bits per heavy atom. The summed E-state index contributed by atoms with van der Waals surface area (Å²) in [5, 5.41) is 3.57. The molecule has 0 aromatic heterocycles. The smallest absolute Gasteiger partial charge is 0.126 e. The molecular weight excluding hydrogens is 305 g/mol. The highest BCUT2D eigenvalue weighted by Gasteiger charge is 2.12. The lowest BCUT2D eigenvalue weighted by atomic mass is 9.97. The highest BCUT2D eigenvalue weighted by atomic mass is 79.9. The number of hydrogen-bond donors (Lipinski definition) is 1. The second-order valence-electron chi connectivity index (χ2n) is 5.56. The molecule has 1 rings (SSSR count). The van der Waals surface area contributed by atoms with Crippen LogP contribution < -0.4 is 5.32 Å². The van der Waals surface area contributed by atoms with E-state index in [0.29, 0.717) is 12.0 Å². The van der Waals surface area contributed by atoms with Crippen molar-refractivity contribution in [2.24, 2.45) is 5.92 Å². The van der Waals surface area contributed by atoms with Gasteiger partial charge in [0.2, 0.25) is 0 Å². The van der Waals surface area contributed by atoms with Crippen molar-refractivity contribution in [2.75, 3.05) is 6.54 Å². The van der Waals surface area contributed by atoms with E-state index >= 15 is 0 Å². The minimum atomic E-state index is -0.0954. The molecule has 3 heteroatoms. The Balaban J connectivity index is 2.56. The normalized spacial score (nSPS) is 12.9. The second kappa shape index (κ2) is 8.70. The molecule has 1 nitrogen and oxygen atoms in total. The van der Waals surface area contributed by atoms with Crippen molar-refractivity contribution in [1.82, 2.24) is 5.32 Å². The summed E-state index contributed by atoms with van der Waals surface area (Å²) in [6.45, 7) is 7.69. The first-order chi connectivity index (χ1) is 9.02. The first kappa shape index (κ1) is 16.6. The van der Waals surface area contributed by atoms with E-state index in [1.165, 1.54) is 6.07 Å². The van der Waals surface area contributed by atoms with E-state index in [4.69, 9.17) is 0 Å². The lowest BCUT2D eigenvalue weighted by Crippen LogP contribution is -2.31. The van der Waals surface area contributed by atoms with Crippen molar-refractivity contribution in [3.63, 3.8) is 0 Å². The molecule has 0 fully saturated rings. The van der Waals surface area contributed by atoms with Crippen LogP contribution in [0.1, 0.15) is 45.6 Å². The summed E-state index contributed by atoms with van der Waals surface area (Å²) < 4.78 is 14.6. The molecule has 1 N–H and O–H groups in total. The van der Waals surface area contributed by atoms with Crippen LogP contribution in [-0.4, -0.2) is 12.6 Å². The zero-order chi connectivity index (χ0) is 14.3. The van der Waals surface area contributed by atoms with Crippen LogP contribution in [0.2, 0.25) is 0 Å². The molecule has 19 heavy (non-hydrogen) atoms. The van der Waals surface area contributed by atoms with Crippen molar-refractivity contribution >= 4 is 15.9 Å². The van der Waals surface area contributed by atoms with Crippen molar-refractivity contribution in [3.05, 3.63) is 34.1 Å². The van der Waals surface area contributed by atoms with Gasteiger partial charge in [-0.1, -0.05) is 36.7 Å². The molecule has 0 aliphatic carbocycles. The van der Waals surface area contributed by atoms with Gasteiger partial charge in [-0.15, -0.1) is 0 Å². The lowest BCUT2D eigenvalue weighted by Gasteiger charge is -2.20. The molecule has 0 amide bonds. The van der Waals surface area contributed by atoms with E-state index in [1.807, 2.05) is 6.07 Å². The fourth-order valence-electron chi connectivity index (χ4n) is 2.29. The largest absolute Gasteiger partial charge is 0.314 e. The number of rotatable bonds is 8. The third-order valence-corrected chi connectivity index (χ3v) is 3.70. The van der Waals surface area contributed by atoms with E-state index < -0.39 is 0 Å². The van der Waals surface area contributed by atoms with Crippen molar-refractivity contribution < 1.29 is 4.39 Å². The summed E-state index contributed by atoms with van der Waals surface area (Å²) in [6.07, 6.45) is 4.07. The molecule has 0 spiro atoms. The van der Waals surface area contributed by atoms with Crippen LogP contribution in [-0.2, 0) is 6.42 Å². The minimum Gasteiger partial charge on any atom is -0.314 e. The van der Waals surface area contributed by atoms with Crippen LogP contribution in [0.4, 0.5) is 4.39 Å². The van der Waals surface area contributed by atoms with E-state index in [0.717, 1.165) is 42.3 Å². The Kier molecular flexibility index (Phi) is 7.62. The quantitative estimate of drug-likeness (QED) is 0.712. The van der Waals surface area contributed by atoms with Crippen LogP contribution in [0.25, 0.3) is 0 Å². The average molecular weight is 330 g/mol. The summed E-state index contributed by atoms with van der Waals surface area (Å²) >= 11 is 3.40. The van der Waals surface area contributed by atoms with Gasteiger partial charge in [0.25, 0.3) is 0 Å². The van der Waals surface area contributed by atoms with Crippen LogP contribution >= 0.6 is 15.9 Å². The predicted molar refractivity (Wildman–Crippen MR) is 84.0 cm³/mol. The zero-order valence-electron chi connectivity index (χ0n) is 12.2. The number of nitrogens with one attached hydrogen (secondary N) is 1. The van der Waals surface area contributed by atoms with Gasteiger partial charge in [0.05, 0.1) is 0 Å². The lowest BCUT2D eigenvalue weighted by molar-refractivity contribution is 0.397. The molecule has 1 atom stereocenters. The Bertz CT molecular complexity index is 379. The van der Waals surface area contributed by atoms with E-state index in [9.17, 15) is 4.39 Å². The molecule has 0 aliphatic rings. The zero-order valence-corrected chi connectivity index (χ0v) is 13.8. The first-order valence-corrected chi connectivity index (χ1v) is 7.99. The Morgan fingerprint density at radius 2 is 2.05 bits per heavy atom. The number of halogens is 2. The molecule has 0 radical (unpaired) electrons. The van der Waals surface area contributed by atoms with Gasteiger partial charge < -0.3 is 5.32 Å². The molecule has 0 aliphatic heterocycles. The SMILES string of the molecule is CCCNC(CCc1cc(Br)ccc1F)CC(C)C. The maximum absolute atomic E-state index is 13.7. The standard InChI is InChI=1S/C16H25BrFN/c1-4-9-19-15(10-12(2)3)7-5-13-11-14(17)6-8-16(13)18/h6,8,11-12,15,19H,4-5,7,9-10H2,1-3H3. The van der Waals surface area contributed by atoms with Gasteiger partial charge in [-0.05, 0) is 61.9 Å². The van der Waals surface area contributed by atoms with E-state index in [1.54, 1.807) is 6.07 Å². The summed E-state index contributed by atoms with van der Waals surface area (Å²) in [6, 6.07) is 5.66.